The summed E-state index contributed by atoms with van der Waals surface area (Å²) in [6.07, 6.45) is 1.84. The zero-order chi connectivity index (χ0) is 18.5. The van der Waals surface area contributed by atoms with Gasteiger partial charge >= 0.3 is 0 Å². The summed E-state index contributed by atoms with van der Waals surface area (Å²) in [4.78, 5) is 12.5. The molecule has 1 N–H and O–H groups in total. The zero-order valence-corrected chi connectivity index (χ0v) is 15.0. The van der Waals surface area contributed by atoms with Gasteiger partial charge in [-0.25, -0.2) is 0 Å². The van der Waals surface area contributed by atoms with Crippen LogP contribution in [0.4, 0.5) is 5.82 Å². The van der Waals surface area contributed by atoms with Gasteiger partial charge in [0.2, 0.25) is 0 Å². The van der Waals surface area contributed by atoms with Crippen LogP contribution < -0.4 is 14.8 Å². The van der Waals surface area contributed by atoms with Crippen LogP contribution in [-0.2, 0) is 6.54 Å². The number of hydrogen-bond donors (Lipinski definition) is 1. The number of rotatable bonds is 6. The van der Waals surface area contributed by atoms with E-state index in [1.54, 1.807) is 36.1 Å². The molecule has 0 aliphatic heterocycles. The van der Waals surface area contributed by atoms with Gasteiger partial charge in [-0.1, -0.05) is 24.3 Å². The van der Waals surface area contributed by atoms with Crippen LogP contribution in [0.2, 0.25) is 0 Å². The maximum atomic E-state index is 12.5. The highest BCUT2D eigenvalue weighted by molar-refractivity contribution is 6.05. The van der Waals surface area contributed by atoms with Crippen molar-refractivity contribution in [2.24, 2.45) is 0 Å². The Labute approximate surface area is 152 Å². The summed E-state index contributed by atoms with van der Waals surface area (Å²) < 4.78 is 12.2. The second-order valence-corrected chi connectivity index (χ2v) is 5.85. The molecule has 0 saturated heterocycles. The molecule has 0 saturated carbocycles. The van der Waals surface area contributed by atoms with E-state index in [1.807, 2.05) is 18.3 Å². The number of methoxy groups -OCH3 is 2. The van der Waals surface area contributed by atoms with Gasteiger partial charge in [-0.3, -0.25) is 9.48 Å². The molecule has 1 amide bonds. The summed E-state index contributed by atoms with van der Waals surface area (Å²) in [5.41, 5.74) is 2.81. The average molecular weight is 351 g/mol. The van der Waals surface area contributed by atoms with E-state index in [9.17, 15) is 4.79 Å². The molecular weight excluding hydrogens is 330 g/mol. The lowest BCUT2D eigenvalue weighted by Crippen LogP contribution is -2.14. The molecule has 1 aromatic heterocycles. The van der Waals surface area contributed by atoms with Gasteiger partial charge in [0.05, 0.1) is 26.3 Å². The molecule has 6 heteroatoms. The maximum Gasteiger partial charge on any atom is 0.260 e. The SMILES string of the molecule is COc1ccc(C(=O)Nc2ccn(Cc3ccccc3C)n2)c(OC)c1. The summed E-state index contributed by atoms with van der Waals surface area (Å²) in [6.45, 7) is 2.71. The highest BCUT2D eigenvalue weighted by Gasteiger charge is 2.14. The van der Waals surface area contributed by atoms with Crippen LogP contribution >= 0.6 is 0 Å². The van der Waals surface area contributed by atoms with Crippen LogP contribution in [0, 0.1) is 6.92 Å². The van der Waals surface area contributed by atoms with Crippen molar-refractivity contribution in [3.63, 3.8) is 0 Å². The highest BCUT2D eigenvalue weighted by atomic mass is 16.5. The third kappa shape index (κ3) is 3.85. The van der Waals surface area contributed by atoms with E-state index in [0.717, 1.165) is 0 Å². The number of carbonyl (C=O) groups excluding carboxylic acids is 1. The molecule has 26 heavy (non-hydrogen) atoms. The van der Waals surface area contributed by atoms with Gasteiger partial charge in [-0.05, 0) is 30.2 Å². The van der Waals surface area contributed by atoms with Crippen molar-refractivity contribution in [3.05, 3.63) is 71.4 Å². The number of carbonyl (C=O) groups is 1. The maximum absolute atomic E-state index is 12.5. The number of benzene rings is 2. The smallest absolute Gasteiger partial charge is 0.260 e. The van der Waals surface area contributed by atoms with Crippen molar-refractivity contribution in [2.75, 3.05) is 19.5 Å². The Hall–Kier alpha value is -3.28. The van der Waals surface area contributed by atoms with Crippen molar-refractivity contribution in [2.45, 2.75) is 13.5 Å². The highest BCUT2D eigenvalue weighted by Crippen LogP contribution is 2.25. The number of amides is 1. The Morgan fingerprint density at radius 2 is 1.92 bits per heavy atom. The standard InChI is InChI=1S/C20H21N3O3/c1-14-6-4-5-7-15(14)13-23-11-10-19(22-23)21-20(24)17-9-8-16(25-2)12-18(17)26-3/h4-12H,13H2,1-3H3,(H,21,22,24). The van der Waals surface area contributed by atoms with Crippen LogP contribution in [0.5, 0.6) is 11.5 Å². The fraction of sp³-hybridized carbons (Fsp3) is 0.200. The number of aryl methyl sites for hydroxylation is 1. The third-order valence-electron chi connectivity index (χ3n) is 4.13. The minimum Gasteiger partial charge on any atom is -0.497 e. The molecule has 0 unspecified atom stereocenters. The van der Waals surface area contributed by atoms with Crippen LogP contribution in [0.25, 0.3) is 0 Å². The molecule has 0 spiro atoms. The lowest BCUT2D eigenvalue weighted by molar-refractivity contribution is 0.102. The fourth-order valence-corrected chi connectivity index (χ4v) is 2.65. The van der Waals surface area contributed by atoms with E-state index in [0.29, 0.717) is 29.4 Å². The number of nitrogens with one attached hydrogen (secondary N) is 1. The molecule has 0 bridgehead atoms. The molecule has 1 heterocycles. The van der Waals surface area contributed by atoms with Crippen molar-refractivity contribution in [1.82, 2.24) is 9.78 Å². The molecule has 0 aliphatic carbocycles. The number of hydrogen-bond acceptors (Lipinski definition) is 4. The first-order valence-electron chi connectivity index (χ1n) is 8.22. The van der Waals surface area contributed by atoms with Crippen molar-refractivity contribution in [1.29, 1.82) is 0 Å². The second kappa shape index (κ2) is 7.74. The molecule has 0 radical (unpaired) electrons. The molecule has 3 aromatic rings. The minimum atomic E-state index is -0.286. The van der Waals surface area contributed by atoms with Gasteiger partial charge in [0.15, 0.2) is 5.82 Å². The molecule has 3 rings (SSSR count). The van der Waals surface area contributed by atoms with Crippen molar-refractivity contribution >= 4 is 11.7 Å². The number of anilines is 1. The van der Waals surface area contributed by atoms with Crippen molar-refractivity contribution in [3.8, 4) is 11.5 Å². The normalized spacial score (nSPS) is 10.4. The van der Waals surface area contributed by atoms with Crippen LogP contribution in [0.1, 0.15) is 21.5 Å². The Bertz CT molecular complexity index is 918. The van der Waals surface area contributed by atoms with E-state index in [2.05, 4.69) is 29.5 Å². The third-order valence-corrected chi connectivity index (χ3v) is 4.13. The Morgan fingerprint density at radius 3 is 2.65 bits per heavy atom. The fourth-order valence-electron chi connectivity index (χ4n) is 2.65. The summed E-state index contributed by atoms with van der Waals surface area (Å²) in [7, 11) is 3.08. The first-order valence-corrected chi connectivity index (χ1v) is 8.22. The van der Waals surface area contributed by atoms with Crippen LogP contribution in [0.15, 0.2) is 54.7 Å². The van der Waals surface area contributed by atoms with E-state index in [-0.39, 0.29) is 5.91 Å². The van der Waals surface area contributed by atoms with Crippen LogP contribution in [-0.4, -0.2) is 29.9 Å². The van der Waals surface area contributed by atoms with Gasteiger partial charge in [-0.15, -0.1) is 0 Å². The van der Waals surface area contributed by atoms with Crippen molar-refractivity contribution < 1.29 is 14.3 Å². The van der Waals surface area contributed by atoms with E-state index in [1.165, 1.54) is 18.2 Å². The summed E-state index contributed by atoms with van der Waals surface area (Å²) >= 11 is 0. The van der Waals surface area contributed by atoms with E-state index < -0.39 is 0 Å². The molecule has 0 fully saturated rings. The molecule has 0 atom stereocenters. The quantitative estimate of drug-likeness (QED) is 0.738. The minimum absolute atomic E-state index is 0.286. The number of aromatic nitrogens is 2. The second-order valence-electron chi connectivity index (χ2n) is 5.85. The lowest BCUT2D eigenvalue weighted by Gasteiger charge is -2.10. The predicted octanol–water partition coefficient (Wildman–Crippen LogP) is 3.51. The molecule has 2 aromatic carbocycles. The number of ether oxygens (including phenoxy) is 2. The Balaban J connectivity index is 1.73. The van der Waals surface area contributed by atoms with Crippen LogP contribution in [0.3, 0.4) is 0 Å². The van der Waals surface area contributed by atoms with Gasteiger partial charge in [-0.2, -0.15) is 5.10 Å². The first kappa shape index (κ1) is 17.5. The molecule has 6 nitrogen and oxygen atoms in total. The molecule has 0 aliphatic rings. The molecule has 134 valence electrons. The Morgan fingerprint density at radius 1 is 1.12 bits per heavy atom. The largest absolute Gasteiger partial charge is 0.497 e. The summed E-state index contributed by atoms with van der Waals surface area (Å²) in [6, 6.07) is 15.0. The van der Waals surface area contributed by atoms with Gasteiger partial charge in [0, 0.05) is 18.3 Å². The van der Waals surface area contributed by atoms with E-state index >= 15 is 0 Å². The first-order chi connectivity index (χ1) is 12.6. The molecular formula is C20H21N3O3. The topological polar surface area (TPSA) is 65.4 Å². The average Bonchev–Trinajstić information content (AvgIpc) is 3.09. The number of nitrogens with zero attached hydrogens (tertiary/aromatic N) is 2. The van der Waals surface area contributed by atoms with Gasteiger partial charge in [0.1, 0.15) is 11.5 Å². The van der Waals surface area contributed by atoms with Gasteiger partial charge < -0.3 is 14.8 Å². The lowest BCUT2D eigenvalue weighted by atomic mass is 10.1. The summed E-state index contributed by atoms with van der Waals surface area (Å²) in [5.74, 6) is 1.27. The van der Waals surface area contributed by atoms with E-state index in [4.69, 9.17) is 9.47 Å². The monoisotopic (exact) mass is 351 g/mol. The Kier molecular flexibility index (Phi) is 5.22. The zero-order valence-electron chi connectivity index (χ0n) is 15.0. The summed E-state index contributed by atoms with van der Waals surface area (Å²) in [5, 5.41) is 7.22. The van der Waals surface area contributed by atoms with Gasteiger partial charge in [0.25, 0.3) is 5.91 Å². The predicted molar refractivity (Wildman–Crippen MR) is 100 cm³/mol.